The number of benzene rings is 1. The number of carbonyl (C=O) groups is 2. The third-order valence-electron chi connectivity index (χ3n) is 4.61. The molecular formula is C20H18FN3O7S. The number of aromatic hydroxyl groups is 1. The van der Waals surface area contributed by atoms with Crippen molar-refractivity contribution >= 4 is 32.7 Å². The van der Waals surface area contributed by atoms with E-state index in [1.807, 2.05) is 0 Å². The average Bonchev–Trinajstić information content (AvgIpc) is 2.75. The molecule has 2 aromatic heterocycles. The number of carbonyl (C=O) groups excluding carboxylic acids is 2. The highest BCUT2D eigenvalue weighted by Gasteiger charge is 2.24. The average molecular weight is 463 g/mol. The first-order valence-corrected chi connectivity index (χ1v) is 11.0. The SMILES string of the molecule is COC(=O)Cn1c(=O)c(C(=O)NCc2ccc(F)cc2S(C)(=O)=O)c(O)c2ncccc21. The van der Waals surface area contributed by atoms with Crippen molar-refractivity contribution in [1.29, 1.82) is 0 Å². The molecule has 168 valence electrons. The summed E-state index contributed by atoms with van der Waals surface area (Å²) in [5, 5.41) is 12.9. The van der Waals surface area contributed by atoms with Crippen molar-refractivity contribution in [3.05, 3.63) is 63.8 Å². The molecule has 0 aliphatic carbocycles. The number of halogens is 1. The number of nitrogens with zero attached hydrogens (tertiary/aromatic N) is 2. The summed E-state index contributed by atoms with van der Waals surface area (Å²) in [7, 11) is -2.68. The lowest BCUT2D eigenvalue weighted by atomic mass is 10.1. The molecule has 0 spiro atoms. The van der Waals surface area contributed by atoms with Crippen LogP contribution < -0.4 is 10.9 Å². The van der Waals surface area contributed by atoms with Gasteiger partial charge in [-0.1, -0.05) is 6.07 Å². The number of hydrogen-bond acceptors (Lipinski definition) is 8. The van der Waals surface area contributed by atoms with Crippen LogP contribution in [-0.2, 0) is 32.5 Å². The van der Waals surface area contributed by atoms with Gasteiger partial charge in [0.05, 0.1) is 17.5 Å². The van der Waals surface area contributed by atoms with Crippen LogP contribution in [0.2, 0.25) is 0 Å². The lowest BCUT2D eigenvalue weighted by Gasteiger charge is -2.14. The van der Waals surface area contributed by atoms with E-state index in [0.717, 1.165) is 30.1 Å². The summed E-state index contributed by atoms with van der Waals surface area (Å²) in [6.45, 7) is -0.911. The standard InChI is InChI=1S/C20H18FN3O7S/c1-31-15(25)10-24-13-4-3-7-22-17(13)18(26)16(20(24)28)19(27)23-9-11-5-6-12(21)8-14(11)32(2,29)30/h3-8,26H,9-10H2,1-2H3,(H,23,27). The molecule has 2 N–H and O–H groups in total. The lowest BCUT2D eigenvalue weighted by molar-refractivity contribution is -0.141. The topological polar surface area (TPSA) is 145 Å². The van der Waals surface area contributed by atoms with Gasteiger partial charge in [0.2, 0.25) is 0 Å². The molecule has 0 aliphatic heterocycles. The maximum Gasteiger partial charge on any atom is 0.325 e. The molecule has 0 unspecified atom stereocenters. The molecule has 0 aliphatic rings. The molecule has 0 bridgehead atoms. The molecule has 3 aromatic rings. The number of aromatic nitrogens is 2. The summed E-state index contributed by atoms with van der Waals surface area (Å²) in [6, 6.07) is 5.94. The summed E-state index contributed by atoms with van der Waals surface area (Å²) in [5.74, 6) is -3.28. The van der Waals surface area contributed by atoms with Gasteiger partial charge in [-0.05, 0) is 29.8 Å². The molecule has 10 nitrogen and oxygen atoms in total. The van der Waals surface area contributed by atoms with Crippen molar-refractivity contribution in [2.24, 2.45) is 0 Å². The van der Waals surface area contributed by atoms with Crippen LogP contribution in [0, 0.1) is 5.82 Å². The van der Waals surface area contributed by atoms with Crippen LogP contribution >= 0.6 is 0 Å². The number of nitrogens with one attached hydrogen (secondary N) is 1. The van der Waals surface area contributed by atoms with Gasteiger partial charge in [0.15, 0.2) is 15.6 Å². The van der Waals surface area contributed by atoms with Crippen LogP contribution in [0.25, 0.3) is 11.0 Å². The van der Waals surface area contributed by atoms with E-state index in [1.165, 1.54) is 24.4 Å². The van der Waals surface area contributed by atoms with E-state index in [9.17, 15) is 32.3 Å². The van der Waals surface area contributed by atoms with Crippen molar-refractivity contribution in [3.63, 3.8) is 0 Å². The van der Waals surface area contributed by atoms with E-state index in [4.69, 9.17) is 0 Å². The van der Waals surface area contributed by atoms with Gasteiger partial charge < -0.3 is 15.2 Å². The van der Waals surface area contributed by atoms with Crippen LogP contribution in [0.5, 0.6) is 5.75 Å². The zero-order valence-electron chi connectivity index (χ0n) is 17.0. The van der Waals surface area contributed by atoms with E-state index < -0.39 is 50.9 Å². The first-order valence-electron chi connectivity index (χ1n) is 9.08. The van der Waals surface area contributed by atoms with E-state index in [2.05, 4.69) is 15.0 Å². The number of ether oxygens (including phenoxy) is 1. The number of pyridine rings is 2. The second-order valence-electron chi connectivity index (χ2n) is 6.77. The van der Waals surface area contributed by atoms with Crippen molar-refractivity contribution in [2.45, 2.75) is 18.0 Å². The smallest absolute Gasteiger partial charge is 0.325 e. The van der Waals surface area contributed by atoms with Crippen LogP contribution in [0.15, 0.2) is 46.2 Å². The first-order chi connectivity index (χ1) is 15.0. The van der Waals surface area contributed by atoms with Crippen LogP contribution in [0.4, 0.5) is 4.39 Å². The number of hydrogen-bond donors (Lipinski definition) is 2. The van der Waals surface area contributed by atoms with E-state index in [1.54, 1.807) is 0 Å². The molecule has 0 saturated carbocycles. The quantitative estimate of drug-likeness (QED) is 0.510. The van der Waals surface area contributed by atoms with Gasteiger partial charge in [0.25, 0.3) is 11.5 Å². The largest absolute Gasteiger partial charge is 0.505 e. The number of sulfone groups is 1. The highest BCUT2D eigenvalue weighted by molar-refractivity contribution is 7.90. The summed E-state index contributed by atoms with van der Waals surface area (Å²) < 4.78 is 42.9. The monoisotopic (exact) mass is 463 g/mol. The lowest BCUT2D eigenvalue weighted by Crippen LogP contribution is -2.35. The fraction of sp³-hybridized carbons (Fsp3) is 0.200. The number of rotatable bonds is 6. The van der Waals surface area contributed by atoms with Crippen LogP contribution in [0.1, 0.15) is 15.9 Å². The Balaban J connectivity index is 2.05. The Labute approximate surface area is 181 Å². The van der Waals surface area contributed by atoms with Gasteiger partial charge in [-0.3, -0.25) is 23.9 Å². The van der Waals surface area contributed by atoms with Crippen molar-refractivity contribution < 1.29 is 32.2 Å². The maximum atomic E-state index is 13.5. The Hall–Kier alpha value is -3.80. The Morgan fingerprint density at radius 3 is 2.66 bits per heavy atom. The molecule has 0 saturated heterocycles. The molecule has 0 fully saturated rings. The zero-order valence-corrected chi connectivity index (χ0v) is 17.8. The van der Waals surface area contributed by atoms with Gasteiger partial charge >= 0.3 is 5.97 Å². The van der Waals surface area contributed by atoms with Gasteiger partial charge in [-0.2, -0.15) is 0 Å². The predicted molar refractivity (Wildman–Crippen MR) is 110 cm³/mol. The first kappa shape index (κ1) is 22.9. The minimum atomic E-state index is -3.80. The van der Waals surface area contributed by atoms with Crippen molar-refractivity contribution in [3.8, 4) is 5.75 Å². The summed E-state index contributed by atoms with van der Waals surface area (Å²) in [4.78, 5) is 41.1. The Morgan fingerprint density at radius 1 is 1.28 bits per heavy atom. The minimum Gasteiger partial charge on any atom is -0.505 e. The second-order valence-corrected chi connectivity index (χ2v) is 8.75. The third kappa shape index (κ3) is 4.44. The molecule has 1 amide bonds. The summed E-state index contributed by atoms with van der Waals surface area (Å²) in [6.07, 6.45) is 2.22. The van der Waals surface area contributed by atoms with Crippen LogP contribution in [0.3, 0.4) is 0 Å². The predicted octanol–water partition coefficient (Wildman–Crippen LogP) is 0.748. The normalized spacial score (nSPS) is 11.3. The van der Waals surface area contributed by atoms with Gasteiger partial charge in [-0.25, -0.2) is 12.8 Å². The molecular weight excluding hydrogens is 445 g/mol. The Kier molecular flexibility index (Phi) is 6.25. The van der Waals surface area contributed by atoms with Crippen LogP contribution in [-0.4, -0.2) is 48.3 Å². The maximum absolute atomic E-state index is 13.5. The van der Waals surface area contributed by atoms with Gasteiger partial charge in [-0.15, -0.1) is 0 Å². The molecule has 2 heterocycles. The van der Waals surface area contributed by atoms with Crippen molar-refractivity contribution in [2.75, 3.05) is 13.4 Å². The molecule has 0 atom stereocenters. The van der Waals surface area contributed by atoms with Gasteiger partial charge in [0, 0.05) is 19.0 Å². The highest BCUT2D eigenvalue weighted by atomic mass is 32.2. The van der Waals surface area contributed by atoms with E-state index >= 15 is 0 Å². The minimum absolute atomic E-state index is 0.0792. The molecule has 0 radical (unpaired) electrons. The van der Waals surface area contributed by atoms with Gasteiger partial charge in [0.1, 0.15) is 23.4 Å². The summed E-state index contributed by atoms with van der Waals surface area (Å²) in [5.41, 5.74) is -1.58. The Bertz CT molecular complexity index is 1400. The van der Waals surface area contributed by atoms with E-state index in [0.29, 0.717) is 0 Å². The number of amides is 1. The Morgan fingerprint density at radius 2 is 2.00 bits per heavy atom. The fourth-order valence-corrected chi connectivity index (χ4v) is 4.04. The third-order valence-corrected chi connectivity index (χ3v) is 5.79. The number of fused-ring (bicyclic) bond motifs is 1. The molecule has 32 heavy (non-hydrogen) atoms. The highest BCUT2D eigenvalue weighted by Crippen LogP contribution is 2.24. The van der Waals surface area contributed by atoms with E-state index in [-0.39, 0.29) is 28.0 Å². The number of methoxy groups -OCH3 is 1. The zero-order chi connectivity index (χ0) is 23.6. The van der Waals surface area contributed by atoms with Crippen molar-refractivity contribution in [1.82, 2.24) is 14.9 Å². The fourth-order valence-electron chi connectivity index (χ4n) is 3.10. The molecule has 12 heteroatoms. The number of esters is 1. The second kappa shape index (κ2) is 8.75. The molecule has 3 rings (SSSR count). The summed E-state index contributed by atoms with van der Waals surface area (Å²) >= 11 is 0. The molecule has 1 aromatic carbocycles.